The number of rotatable bonds is 6. The van der Waals surface area contributed by atoms with Gasteiger partial charge in [0.05, 0.1) is 11.7 Å². The van der Waals surface area contributed by atoms with E-state index in [4.69, 9.17) is 4.74 Å². The average molecular weight is 368 g/mol. The molecule has 0 saturated heterocycles. The second-order valence-electron chi connectivity index (χ2n) is 6.43. The lowest BCUT2D eigenvalue weighted by molar-refractivity contribution is -0.136. The number of hydrogen-bond acceptors (Lipinski definition) is 4. The predicted octanol–water partition coefficient (Wildman–Crippen LogP) is 3.82. The zero-order chi connectivity index (χ0) is 19.6. The van der Waals surface area contributed by atoms with Crippen LogP contribution in [0.3, 0.4) is 0 Å². The minimum atomic E-state index is -0.404. The molecule has 1 aliphatic heterocycles. The van der Waals surface area contributed by atoms with E-state index in [-0.39, 0.29) is 23.9 Å². The maximum absolute atomic E-state index is 13.3. The summed E-state index contributed by atoms with van der Waals surface area (Å²) in [6, 6.07) is 12.7. The highest BCUT2D eigenvalue weighted by molar-refractivity contribution is 6.36. The van der Waals surface area contributed by atoms with Crippen LogP contribution in [-0.2, 0) is 9.59 Å². The van der Waals surface area contributed by atoms with Crippen LogP contribution in [0.1, 0.15) is 26.3 Å². The minimum absolute atomic E-state index is 0.0590. The van der Waals surface area contributed by atoms with Gasteiger partial charge in [-0.2, -0.15) is 0 Å². The molecular weight excluding hydrogens is 347 g/mol. The SMILES string of the molecule is CCN1C(=O)C(Nc2ccc(OC(C)C)cc2)=C(c2ccc(F)cc2)C1=O. The first-order valence-electron chi connectivity index (χ1n) is 8.81. The summed E-state index contributed by atoms with van der Waals surface area (Å²) in [5.74, 6) is -0.480. The fourth-order valence-corrected chi connectivity index (χ4v) is 2.90. The number of amides is 2. The van der Waals surface area contributed by atoms with Crippen molar-refractivity contribution in [2.45, 2.75) is 26.9 Å². The Labute approximate surface area is 157 Å². The van der Waals surface area contributed by atoms with Gasteiger partial charge in [0.1, 0.15) is 17.3 Å². The third kappa shape index (κ3) is 3.84. The van der Waals surface area contributed by atoms with Crippen molar-refractivity contribution in [3.63, 3.8) is 0 Å². The first-order chi connectivity index (χ1) is 12.9. The van der Waals surface area contributed by atoms with Gasteiger partial charge in [0.15, 0.2) is 0 Å². The molecule has 6 heteroatoms. The summed E-state index contributed by atoms with van der Waals surface area (Å²) in [7, 11) is 0. The van der Waals surface area contributed by atoms with Crippen LogP contribution >= 0.6 is 0 Å². The third-order valence-electron chi connectivity index (χ3n) is 4.11. The van der Waals surface area contributed by atoms with Crippen LogP contribution < -0.4 is 10.1 Å². The summed E-state index contributed by atoms with van der Waals surface area (Å²) in [6.07, 6.45) is 0.0590. The lowest BCUT2D eigenvalue weighted by Crippen LogP contribution is -2.32. The molecule has 0 aromatic heterocycles. The van der Waals surface area contributed by atoms with E-state index in [1.54, 1.807) is 31.2 Å². The summed E-state index contributed by atoms with van der Waals surface area (Å²) in [4.78, 5) is 26.6. The second kappa shape index (κ2) is 7.61. The van der Waals surface area contributed by atoms with Crippen molar-refractivity contribution in [2.75, 3.05) is 11.9 Å². The summed E-state index contributed by atoms with van der Waals surface area (Å²) >= 11 is 0. The van der Waals surface area contributed by atoms with Gasteiger partial charge in [0.2, 0.25) is 0 Å². The number of nitrogens with one attached hydrogen (secondary N) is 1. The number of anilines is 1. The number of nitrogens with zero attached hydrogens (tertiary/aromatic N) is 1. The largest absolute Gasteiger partial charge is 0.491 e. The number of imide groups is 1. The normalized spacial score (nSPS) is 14.3. The Balaban J connectivity index is 1.96. The quantitative estimate of drug-likeness (QED) is 0.788. The van der Waals surface area contributed by atoms with Gasteiger partial charge in [-0.3, -0.25) is 14.5 Å². The fraction of sp³-hybridized carbons (Fsp3) is 0.238. The van der Waals surface area contributed by atoms with E-state index < -0.39 is 17.6 Å². The topological polar surface area (TPSA) is 58.6 Å². The Kier molecular flexibility index (Phi) is 5.26. The lowest BCUT2D eigenvalue weighted by atomic mass is 10.0. The van der Waals surface area contributed by atoms with Crippen LogP contribution in [0.15, 0.2) is 54.2 Å². The third-order valence-corrected chi connectivity index (χ3v) is 4.11. The summed E-state index contributed by atoms with van der Waals surface area (Å²) in [5.41, 5.74) is 1.57. The van der Waals surface area contributed by atoms with Gasteiger partial charge in [-0.15, -0.1) is 0 Å². The van der Waals surface area contributed by atoms with Crippen molar-refractivity contribution in [2.24, 2.45) is 0 Å². The first-order valence-corrected chi connectivity index (χ1v) is 8.81. The molecule has 0 atom stereocenters. The van der Waals surface area contributed by atoms with E-state index in [2.05, 4.69) is 5.32 Å². The molecule has 0 fully saturated rings. The summed E-state index contributed by atoms with van der Waals surface area (Å²) in [6.45, 7) is 5.87. The van der Waals surface area contributed by atoms with Crippen molar-refractivity contribution in [1.29, 1.82) is 0 Å². The zero-order valence-corrected chi connectivity index (χ0v) is 15.5. The molecule has 2 amide bonds. The van der Waals surface area contributed by atoms with Crippen LogP contribution in [0.5, 0.6) is 5.75 Å². The van der Waals surface area contributed by atoms with E-state index in [9.17, 15) is 14.0 Å². The van der Waals surface area contributed by atoms with Crippen LogP contribution in [0.4, 0.5) is 10.1 Å². The number of ether oxygens (including phenoxy) is 1. The van der Waals surface area contributed by atoms with Gasteiger partial charge < -0.3 is 10.1 Å². The number of benzene rings is 2. The number of carbonyl (C=O) groups excluding carboxylic acids is 2. The van der Waals surface area contributed by atoms with E-state index in [1.807, 2.05) is 13.8 Å². The molecule has 140 valence electrons. The molecule has 0 radical (unpaired) electrons. The predicted molar refractivity (Wildman–Crippen MR) is 102 cm³/mol. The molecule has 0 bridgehead atoms. The van der Waals surface area contributed by atoms with E-state index in [1.165, 1.54) is 24.3 Å². The molecule has 0 aliphatic carbocycles. The highest BCUT2D eigenvalue weighted by atomic mass is 19.1. The Morgan fingerprint density at radius 2 is 1.63 bits per heavy atom. The number of likely N-dealkylation sites (N-methyl/N-ethyl adjacent to an activating group) is 1. The molecule has 2 aromatic rings. The maximum Gasteiger partial charge on any atom is 0.278 e. The molecule has 0 saturated carbocycles. The zero-order valence-electron chi connectivity index (χ0n) is 15.5. The molecule has 0 spiro atoms. The van der Waals surface area contributed by atoms with Crippen LogP contribution in [0.2, 0.25) is 0 Å². The van der Waals surface area contributed by atoms with Crippen LogP contribution in [0, 0.1) is 5.82 Å². The standard InChI is InChI=1S/C21H21FN2O3/c1-4-24-20(25)18(14-5-7-15(22)8-6-14)19(21(24)26)23-16-9-11-17(12-10-16)27-13(2)3/h5-13,23H,4H2,1-3H3. The molecule has 1 aliphatic rings. The number of carbonyl (C=O) groups is 2. The molecular formula is C21H21FN2O3. The van der Waals surface area contributed by atoms with E-state index >= 15 is 0 Å². The smallest absolute Gasteiger partial charge is 0.278 e. The van der Waals surface area contributed by atoms with Gasteiger partial charge in [0, 0.05) is 12.2 Å². The molecule has 1 heterocycles. The summed E-state index contributed by atoms with van der Waals surface area (Å²) in [5, 5.41) is 3.05. The molecule has 3 rings (SSSR count). The van der Waals surface area contributed by atoms with Gasteiger partial charge in [0.25, 0.3) is 11.8 Å². The van der Waals surface area contributed by atoms with Crippen molar-refractivity contribution >= 4 is 23.1 Å². The van der Waals surface area contributed by atoms with Gasteiger partial charge in [-0.25, -0.2) is 4.39 Å². The average Bonchev–Trinajstić information content (AvgIpc) is 2.87. The fourth-order valence-electron chi connectivity index (χ4n) is 2.90. The first kappa shape index (κ1) is 18.6. The molecule has 1 N–H and O–H groups in total. The van der Waals surface area contributed by atoms with Gasteiger partial charge >= 0.3 is 0 Å². The Morgan fingerprint density at radius 1 is 1.00 bits per heavy atom. The van der Waals surface area contributed by atoms with Crippen molar-refractivity contribution in [3.8, 4) is 5.75 Å². The van der Waals surface area contributed by atoms with Gasteiger partial charge in [-0.1, -0.05) is 12.1 Å². The van der Waals surface area contributed by atoms with Crippen LogP contribution in [-0.4, -0.2) is 29.4 Å². The van der Waals surface area contributed by atoms with Crippen molar-refractivity contribution < 1.29 is 18.7 Å². The van der Waals surface area contributed by atoms with Crippen molar-refractivity contribution in [1.82, 2.24) is 4.90 Å². The Hall–Kier alpha value is -3.15. The number of halogens is 1. The number of hydrogen-bond donors (Lipinski definition) is 1. The maximum atomic E-state index is 13.3. The van der Waals surface area contributed by atoms with Crippen LogP contribution in [0.25, 0.3) is 5.57 Å². The minimum Gasteiger partial charge on any atom is -0.491 e. The Bertz CT molecular complexity index is 887. The molecule has 27 heavy (non-hydrogen) atoms. The Morgan fingerprint density at radius 3 is 2.19 bits per heavy atom. The van der Waals surface area contributed by atoms with E-state index in [0.717, 1.165) is 4.90 Å². The second-order valence-corrected chi connectivity index (χ2v) is 6.43. The lowest BCUT2D eigenvalue weighted by Gasteiger charge is -2.13. The highest BCUT2D eigenvalue weighted by Gasteiger charge is 2.38. The molecule has 2 aromatic carbocycles. The van der Waals surface area contributed by atoms with Crippen molar-refractivity contribution in [3.05, 3.63) is 65.6 Å². The summed E-state index contributed by atoms with van der Waals surface area (Å²) < 4.78 is 18.9. The molecule has 0 unspecified atom stereocenters. The van der Waals surface area contributed by atoms with Gasteiger partial charge in [-0.05, 0) is 62.7 Å². The highest BCUT2D eigenvalue weighted by Crippen LogP contribution is 2.30. The monoisotopic (exact) mass is 368 g/mol. The van der Waals surface area contributed by atoms with E-state index in [0.29, 0.717) is 17.0 Å². The molecule has 5 nitrogen and oxygen atoms in total.